The van der Waals surface area contributed by atoms with E-state index in [0.717, 1.165) is 28.8 Å². The lowest BCUT2D eigenvalue weighted by Crippen LogP contribution is -2.35. The van der Waals surface area contributed by atoms with Crippen molar-refractivity contribution in [2.24, 2.45) is 0 Å². The van der Waals surface area contributed by atoms with Gasteiger partial charge in [-0.15, -0.1) is 0 Å². The van der Waals surface area contributed by atoms with Gasteiger partial charge in [0.1, 0.15) is 0 Å². The molecule has 0 spiro atoms. The van der Waals surface area contributed by atoms with Gasteiger partial charge in [-0.2, -0.15) is 0 Å². The standard InChI is InChI=1S/C24H24N2O3S/c1-17-7-6-10-22(13-17)30(28,29)25-16-19-11-12-21-14-18(2)26(23(21)15-19)24(27)20-8-4-3-5-9-20/h3-13,15,18,25H,14,16H2,1-2H3/t18-/m1/s1. The molecule has 0 aromatic heterocycles. The second-order valence-electron chi connectivity index (χ2n) is 7.70. The number of fused-ring (bicyclic) bond motifs is 1. The molecule has 3 aromatic carbocycles. The van der Waals surface area contributed by atoms with Crippen LogP contribution in [0, 0.1) is 6.92 Å². The number of amides is 1. The first-order chi connectivity index (χ1) is 14.3. The Balaban J connectivity index is 1.57. The molecule has 1 aliphatic rings. The van der Waals surface area contributed by atoms with Gasteiger partial charge in [-0.05, 0) is 67.3 Å². The first-order valence-corrected chi connectivity index (χ1v) is 11.4. The van der Waals surface area contributed by atoms with E-state index in [4.69, 9.17) is 0 Å². The molecule has 0 saturated carbocycles. The van der Waals surface area contributed by atoms with Crippen LogP contribution in [0.4, 0.5) is 5.69 Å². The predicted molar refractivity (Wildman–Crippen MR) is 118 cm³/mol. The lowest BCUT2D eigenvalue weighted by molar-refractivity contribution is 0.0981. The highest BCUT2D eigenvalue weighted by molar-refractivity contribution is 7.89. The van der Waals surface area contributed by atoms with Crippen LogP contribution >= 0.6 is 0 Å². The fourth-order valence-electron chi connectivity index (χ4n) is 3.84. The third-order valence-corrected chi connectivity index (χ3v) is 6.77. The molecule has 1 aliphatic heterocycles. The van der Waals surface area contributed by atoms with Crippen LogP contribution in [0.25, 0.3) is 0 Å². The number of carbonyl (C=O) groups is 1. The van der Waals surface area contributed by atoms with E-state index in [1.165, 1.54) is 0 Å². The maximum Gasteiger partial charge on any atom is 0.258 e. The summed E-state index contributed by atoms with van der Waals surface area (Å²) >= 11 is 0. The molecular formula is C24H24N2O3S. The molecule has 0 aliphatic carbocycles. The topological polar surface area (TPSA) is 66.5 Å². The van der Waals surface area contributed by atoms with Gasteiger partial charge in [0.25, 0.3) is 5.91 Å². The van der Waals surface area contributed by atoms with E-state index < -0.39 is 10.0 Å². The van der Waals surface area contributed by atoms with Gasteiger partial charge in [-0.1, -0.05) is 42.5 Å². The fraction of sp³-hybridized carbons (Fsp3) is 0.208. The van der Waals surface area contributed by atoms with Gasteiger partial charge in [0.2, 0.25) is 10.0 Å². The average Bonchev–Trinajstić information content (AvgIpc) is 3.07. The molecule has 4 rings (SSSR count). The van der Waals surface area contributed by atoms with Crippen molar-refractivity contribution in [3.05, 3.63) is 95.1 Å². The maximum absolute atomic E-state index is 13.1. The summed E-state index contributed by atoms with van der Waals surface area (Å²) in [6.45, 7) is 4.05. The van der Waals surface area contributed by atoms with Crippen molar-refractivity contribution in [1.82, 2.24) is 4.72 Å². The van der Waals surface area contributed by atoms with Gasteiger partial charge in [0.05, 0.1) is 4.90 Å². The highest BCUT2D eigenvalue weighted by Crippen LogP contribution is 2.34. The molecule has 0 fully saturated rings. The van der Waals surface area contributed by atoms with Crippen molar-refractivity contribution < 1.29 is 13.2 Å². The summed E-state index contributed by atoms with van der Waals surface area (Å²) in [5.41, 5.74) is 4.29. The fourth-order valence-corrected chi connectivity index (χ4v) is 4.96. The smallest absolute Gasteiger partial charge is 0.258 e. The van der Waals surface area contributed by atoms with Crippen LogP contribution in [0.3, 0.4) is 0 Å². The van der Waals surface area contributed by atoms with Crippen molar-refractivity contribution in [1.29, 1.82) is 0 Å². The Morgan fingerprint density at radius 3 is 2.53 bits per heavy atom. The zero-order chi connectivity index (χ0) is 21.3. The lowest BCUT2D eigenvalue weighted by Gasteiger charge is -2.23. The quantitative estimate of drug-likeness (QED) is 0.677. The summed E-state index contributed by atoms with van der Waals surface area (Å²) in [6.07, 6.45) is 0.781. The van der Waals surface area contributed by atoms with Gasteiger partial charge in [-0.25, -0.2) is 13.1 Å². The molecule has 1 heterocycles. The molecule has 1 N–H and O–H groups in total. The van der Waals surface area contributed by atoms with E-state index in [9.17, 15) is 13.2 Å². The van der Waals surface area contributed by atoms with Crippen LogP contribution in [-0.2, 0) is 23.0 Å². The maximum atomic E-state index is 13.1. The zero-order valence-corrected chi connectivity index (χ0v) is 17.8. The van der Waals surface area contributed by atoms with E-state index in [1.54, 1.807) is 18.2 Å². The molecular weight excluding hydrogens is 396 g/mol. The Morgan fingerprint density at radius 1 is 1.03 bits per heavy atom. The van der Waals surface area contributed by atoms with Crippen molar-refractivity contribution >= 4 is 21.6 Å². The number of anilines is 1. The number of nitrogens with one attached hydrogen (secondary N) is 1. The average molecular weight is 421 g/mol. The SMILES string of the molecule is Cc1cccc(S(=O)(=O)NCc2ccc3c(c2)N(C(=O)c2ccccc2)[C@H](C)C3)c1. The summed E-state index contributed by atoms with van der Waals surface area (Å²) in [5.74, 6) is -0.0423. The number of sulfonamides is 1. The van der Waals surface area contributed by atoms with Crippen LogP contribution in [-0.4, -0.2) is 20.4 Å². The minimum Gasteiger partial charge on any atom is -0.305 e. The number of nitrogens with zero attached hydrogens (tertiary/aromatic N) is 1. The molecule has 0 bridgehead atoms. The molecule has 30 heavy (non-hydrogen) atoms. The minimum absolute atomic E-state index is 0.0423. The van der Waals surface area contributed by atoms with E-state index >= 15 is 0 Å². The van der Waals surface area contributed by atoms with Crippen molar-refractivity contribution in [2.75, 3.05) is 4.90 Å². The van der Waals surface area contributed by atoms with Crippen molar-refractivity contribution in [2.45, 2.75) is 37.8 Å². The zero-order valence-electron chi connectivity index (χ0n) is 17.0. The van der Waals surface area contributed by atoms with Gasteiger partial charge in [-0.3, -0.25) is 4.79 Å². The second-order valence-corrected chi connectivity index (χ2v) is 9.47. The number of benzene rings is 3. The van der Waals surface area contributed by atoms with E-state index in [0.29, 0.717) is 5.56 Å². The summed E-state index contributed by atoms with van der Waals surface area (Å²) in [4.78, 5) is 15.1. The first kappa shape index (κ1) is 20.3. The Hall–Kier alpha value is -2.96. The van der Waals surface area contributed by atoms with Gasteiger partial charge < -0.3 is 4.90 Å². The Bertz CT molecular complexity index is 1190. The van der Waals surface area contributed by atoms with Crippen molar-refractivity contribution in [3.63, 3.8) is 0 Å². The Morgan fingerprint density at radius 2 is 1.80 bits per heavy atom. The Labute approximate surface area is 177 Å². The normalized spacial score (nSPS) is 15.8. The summed E-state index contributed by atoms with van der Waals surface area (Å²) < 4.78 is 27.9. The number of carbonyl (C=O) groups excluding carboxylic acids is 1. The molecule has 0 radical (unpaired) electrons. The number of aryl methyl sites for hydroxylation is 1. The molecule has 154 valence electrons. The number of hydrogen-bond acceptors (Lipinski definition) is 3. The molecule has 0 unspecified atom stereocenters. The highest BCUT2D eigenvalue weighted by atomic mass is 32.2. The predicted octanol–water partition coefficient (Wildman–Crippen LogP) is 4.06. The molecule has 3 aromatic rings. The second kappa shape index (κ2) is 8.05. The highest BCUT2D eigenvalue weighted by Gasteiger charge is 2.31. The number of hydrogen-bond donors (Lipinski definition) is 1. The van der Waals surface area contributed by atoms with Gasteiger partial charge >= 0.3 is 0 Å². The van der Waals surface area contributed by atoms with Crippen molar-refractivity contribution in [3.8, 4) is 0 Å². The number of rotatable bonds is 5. The molecule has 5 nitrogen and oxygen atoms in total. The van der Waals surface area contributed by atoms with E-state index in [2.05, 4.69) is 4.72 Å². The lowest BCUT2D eigenvalue weighted by atomic mass is 10.1. The molecule has 1 atom stereocenters. The monoisotopic (exact) mass is 420 g/mol. The van der Waals surface area contributed by atoms with Crippen LogP contribution in [0.1, 0.15) is 34.0 Å². The van der Waals surface area contributed by atoms with Crippen LogP contribution in [0.2, 0.25) is 0 Å². The van der Waals surface area contributed by atoms with Gasteiger partial charge in [0, 0.05) is 23.8 Å². The van der Waals surface area contributed by atoms with E-state index in [1.807, 2.05) is 73.3 Å². The molecule has 6 heteroatoms. The van der Waals surface area contributed by atoms with E-state index in [-0.39, 0.29) is 23.4 Å². The first-order valence-electron chi connectivity index (χ1n) is 9.92. The van der Waals surface area contributed by atoms with Gasteiger partial charge in [0.15, 0.2) is 0 Å². The minimum atomic E-state index is -3.61. The summed E-state index contributed by atoms with van der Waals surface area (Å²) in [5, 5.41) is 0. The summed E-state index contributed by atoms with van der Waals surface area (Å²) in [7, 11) is -3.61. The largest absolute Gasteiger partial charge is 0.305 e. The molecule has 1 amide bonds. The third kappa shape index (κ3) is 4.01. The summed E-state index contributed by atoms with van der Waals surface area (Å²) in [6, 6.07) is 21.9. The van der Waals surface area contributed by atoms with Crippen LogP contribution in [0.5, 0.6) is 0 Å². The molecule has 0 saturated heterocycles. The Kier molecular flexibility index (Phi) is 5.45. The third-order valence-electron chi connectivity index (χ3n) is 5.37. The van der Waals surface area contributed by atoms with Crippen LogP contribution in [0.15, 0.2) is 77.7 Å². The van der Waals surface area contributed by atoms with Crippen LogP contribution < -0.4 is 9.62 Å².